The summed E-state index contributed by atoms with van der Waals surface area (Å²) < 4.78 is 12.3. The molecule has 0 aliphatic carbocycles. The van der Waals surface area contributed by atoms with Gasteiger partial charge in [0.1, 0.15) is 22.7 Å². The van der Waals surface area contributed by atoms with Crippen molar-refractivity contribution in [3.05, 3.63) is 35.9 Å². The lowest BCUT2D eigenvalue weighted by Crippen LogP contribution is -2.25. The maximum atomic E-state index is 12.1. The molecule has 2 aromatic carbocycles. The zero-order chi connectivity index (χ0) is 17.4. The van der Waals surface area contributed by atoms with E-state index >= 15 is 0 Å². The van der Waals surface area contributed by atoms with E-state index in [1.807, 2.05) is 71.9 Å². The largest absolute Gasteiger partial charge is 0.487 e. The van der Waals surface area contributed by atoms with Gasteiger partial charge >= 0.3 is 0 Å². The minimum absolute atomic E-state index is 0.0169. The van der Waals surface area contributed by atoms with Crippen LogP contribution < -0.4 is 9.47 Å². The minimum atomic E-state index is -0.409. The van der Waals surface area contributed by atoms with E-state index in [0.717, 1.165) is 16.5 Å². The standard InChI is InChI=1S/C20H26O3/c1-13(21)15-12-11-14-9-8-10-16(22-19(2,3)4)17(14)18(15)23-20(5,6)7/h8-12H,1-7H3. The van der Waals surface area contributed by atoms with Gasteiger partial charge in [0.15, 0.2) is 5.78 Å². The van der Waals surface area contributed by atoms with Gasteiger partial charge in [-0.2, -0.15) is 0 Å². The Morgan fingerprint density at radius 1 is 0.870 bits per heavy atom. The first-order valence-corrected chi connectivity index (χ1v) is 7.93. The third kappa shape index (κ3) is 4.25. The van der Waals surface area contributed by atoms with E-state index in [-0.39, 0.29) is 11.4 Å². The van der Waals surface area contributed by atoms with Crippen LogP contribution in [0.15, 0.2) is 30.3 Å². The predicted molar refractivity (Wildman–Crippen MR) is 94.7 cm³/mol. The average Bonchev–Trinajstić information content (AvgIpc) is 2.34. The fourth-order valence-electron chi connectivity index (χ4n) is 2.42. The molecule has 0 bridgehead atoms. The number of ketones is 1. The second-order valence-electron chi connectivity index (χ2n) is 7.78. The molecule has 2 rings (SSSR count). The van der Waals surface area contributed by atoms with Crippen molar-refractivity contribution in [3.8, 4) is 11.5 Å². The Bertz CT molecular complexity index is 731. The number of rotatable bonds is 3. The number of carbonyl (C=O) groups excluding carboxylic acids is 1. The number of benzene rings is 2. The number of ether oxygens (including phenoxy) is 2. The van der Waals surface area contributed by atoms with Gasteiger partial charge in [0, 0.05) is 0 Å². The molecular formula is C20H26O3. The highest BCUT2D eigenvalue weighted by Gasteiger charge is 2.23. The molecule has 0 amide bonds. The summed E-state index contributed by atoms with van der Waals surface area (Å²) in [4.78, 5) is 12.1. The Balaban J connectivity index is 2.78. The molecule has 0 saturated heterocycles. The first-order chi connectivity index (χ1) is 10.5. The molecule has 0 fully saturated rings. The van der Waals surface area contributed by atoms with Crippen molar-refractivity contribution in [2.45, 2.75) is 59.7 Å². The Morgan fingerprint density at radius 3 is 2.00 bits per heavy atom. The highest BCUT2D eigenvalue weighted by atomic mass is 16.5. The molecule has 23 heavy (non-hydrogen) atoms. The maximum Gasteiger partial charge on any atom is 0.163 e. The number of carbonyl (C=O) groups is 1. The van der Waals surface area contributed by atoms with Gasteiger partial charge < -0.3 is 9.47 Å². The normalized spacial score (nSPS) is 12.3. The Morgan fingerprint density at radius 2 is 1.48 bits per heavy atom. The highest BCUT2D eigenvalue weighted by Crippen LogP contribution is 2.40. The molecule has 0 aliphatic rings. The van der Waals surface area contributed by atoms with Crippen LogP contribution in [0.2, 0.25) is 0 Å². The summed E-state index contributed by atoms with van der Waals surface area (Å²) in [5, 5.41) is 1.85. The monoisotopic (exact) mass is 314 g/mol. The van der Waals surface area contributed by atoms with Gasteiger partial charge in [0.05, 0.1) is 10.9 Å². The van der Waals surface area contributed by atoms with E-state index < -0.39 is 5.60 Å². The average molecular weight is 314 g/mol. The van der Waals surface area contributed by atoms with Crippen LogP contribution in [-0.2, 0) is 0 Å². The van der Waals surface area contributed by atoms with Gasteiger partial charge in [-0.1, -0.05) is 18.2 Å². The van der Waals surface area contributed by atoms with Gasteiger partial charge in [-0.3, -0.25) is 4.79 Å². The van der Waals surface area contributed by atoms with Crippen LogP contribution in [0.4, 0.5) is 0 Å². The quantitative estimate of drug-likeness (QED) is 0.712. The van der Waals surface area contributed by atoms with Crippen LogP contribution in [0.3, 0.4) is 0 Å². The van der Waals surface area contributed by atoms with Crippen molar-refractivity contribution in [1.29, 1.82) is 0 Å². The predicted octanol–water partition coefficient (Wildman–Crippen LogP) is 5.40. The van der Waals surface area contributed by atoms with Crippen LogP contribution in [0.25, 0.3) is 10.8 Å². The third-order valence-corrected chi connectivity index (χ3v) is 3.16. The molecule has 2 aromatic rings. The number of hydrogen-bond acceptors (Lipinski definition) is 3. The van der Waals surface area contributed by atoms with E-state index in [1.165, 1.54) is 0 Å². The third-order valence-electron chi connectivity index (χ3n) is 3.16. The molecule has 0 aliphatic heterocycles. The SMILES string of the molecule is CC(=O)c1ccc2cccc(OC(C)(C)C)c2c1OC(C)(C)C. The molecule has 0 atom stereocenters. The molecule has 3 heteroatoms. The van der Waals surface area contributed by atoms with E-state index in [2.05, 4.69) is 0 Å². The topological polar surface area (TPSA) is 35.5 Å². The van der Waals surface area contributed by atoms with Crippen molar-refractivity contribution in [1.82, 2.24) is 0 Å². The van der Waals surface area contributed by atoms with Crippen LogP contribution >= 0.6 is 0 Å². The van der Waals surface area contributed by atoms with Crippen molar-refractivity contribution >= 4 is 16.6 Å². The van der Waals surface area contributed by atoms with Gasteiger partial charge in [-0.15, -0.1) is 0 Å². The van der Waals surface area contributed by atoms with Crippen LogP contribution in [0.5, 0.6) is 11.5 Å². The van der Waals surface area contributed by atoms with Gasteiger partial charge in [0.25, 0.3) is 0 Å². The molecular weight excluding hydrogens is 288 g/mol. The summed E-state index contributed by atoms with van der Waals surface area (Å²) in [5.41, 5.74) is -0.162. The Labute approximate surface area is 138 Å². The zero-order valence-corrected chi connectivity index (χ0v) is 15.1. The van der Waals surface area contributed by atoms with E-state index in [0.29, 0.717) is 11.3 Å². The molecule has 0 radical (unpaired) electrons. The molecule has 0 spiro atoms. The van der Waals surface area contributed by atoms with Crippen molar-refractivity contribution in [2.75, 3.05) is 0 Å². The van der Waals surface area contributed by atoms with Gasteiger partial charge in [0.2, 0.25) is 0 Å². The summed E-state index contributed by atoms with van der Waals surface area (Å²) in [6.07, 6.45) is 0. The van der Waals surface area contributed by atoms with E-state index in [4.69, 9.17) is 9.47 Å². The summed E-state index contributed by atoms with van der Waals surface area (Å²) in [6, 6.07) is 9.65. The number of hydrogen-bond donors (Lipinski definition) is 0. The van der Waals surface area contributed by atoms with Crippen molar-refractivity contribution < 1.29 is 14.3 Å². The lowest BCUT2D eigenvalue weighted by Gasteiger charge is -2.27. The summed E-state index contributed by atoms with van der Waals surface area (Å²) >= 11 is 0. The first kappa shape index (κ1) is 17.3. The highest BCUT2D eigenvalue weighted by molar-refractivity contribution is 6.05. The molecule has 0 unspecified atom stereocenters. The van der Waals surface area contributed by atoms with Crippen LogP contribution in [-0.4, -0.2) is 17.0 Å². The van der Waals surface area contributed by atoms with Crippen molar-refractivity contribution in [3.63, 3.8) is 0 Å². The Hall–Kier alpha value is -2.03. The molecule has 3 nitrogen and oxygen atoms in total. The van der Waals surface area contributed by atoms with E-state index in [9.17, 15) is 4.79 Å². The summed E-state index contributed by atoms with van der Waals surface area (Å²) in [7, 11) is 0. The van der Waals surface area contributed by atoms with Crippen LogP contribution in [0, 0.1) is 0 Å². The Kier molecular flexibility index (Phi) is 4.43. The van der Waals surface area contributed by atoms with E-state index in [1.54, 1.807) is 6.92 Å². The summed E-state index contributed by atoms with van der Waals surface area (Å²) in [5.74, 6) is 1.32. The second kappa shape index (κ2) is 5.88. The lowest BCUT2D eigenvalue weighted by molar-refractivity contribution is 0.0992. The molecule has 0 heterocycles. The summed E-state index contributed by atoms with van der Waals surface area (Å²) in [6.45, 7) is 13.5. The van der Waals surface area contributed by atoms with Gasteiger partial charge in [-0.05, 0) is 66.0 Å². The zero-order valence-electron chi connectivity index (χ0n) is 15.1. The second-order valence-corrected chi connectivity index (χ2v) is 7.78. The first-order valence-electron chi connectivity index (χ1n) is 7.93. The fraction of sp³-hybridized carbons (Fsp3) is 0.450. The molecule has 0 aromatic heterocycles. The molecule has 124 valence electrons. The lowest BCUT2D eigenvalue weighted by atomic mass is 10.0. The van der Waals surface area contributed by atoms with Crippen LogP contribution in [0.1, 0.15) is 58.8 Å². The smallest absolute Gasteiger partial charge is 0.163 e. The fourth-order valence-corrected chi connectivity index (χ4v) is 2.42. The van der Waals surface area contributed by atoms with Gasteiger partial charge in [-0.25, -0.2) is 0 Å². The van der Waals surface area contributed by atoms with Crippen molar-refractivity contribution in [2.24, 2.45) is 0 Å². The maximum absolute atomic E-state index is 12.1. The number of Topliss-reactive ketones (excluding diaryl/α,β-unsaturated/α-hetero) is 1. The molecule has 0 N–H and O–H groups in total. The number of fused-ring (bicyclic) bond motifs is 1. The minimum Gasteiger partial charge on any atom is -0.487 e. The molecule has 0 saturated carbocycles.